The van der Waals surface area contributed by atoms with Gasteiger partial charge in [0.05, 0.1) is 0 Å². The van der Waals surface area contributed by atoms with Crippen LogP contribution in [0, 0.1) is 11.6 Å². The summed E-state index contributed by atoms with van der Waals surface area (Å²) in [5, 5.41) is 4.22. The molecule has 3 aromatic rings. The van der Waals surface area contributed by atoms with E-state index in [4.69, 9.17) is 0 Å². The Balaban J connectivity index is 2.19. The van der Waals surface area contributed by atoms with Crippen molar-refractivity contribution in [1.29, 1.82) is 0 Å². The maximum absolute atomic E-state index is 14.4. The summed E-state index contributed by atoms with van der Waals surface area (Å²) in [6, 6.07) is 15.3. The lowest BCUT2D eigenvalue weighted by molar-refractivity contribution is 0.627. The van der Waals surface area contributed by atoms with Crippen molar-refractivity contribution < 1.29 is 8.78 Å². The Hall–Kier alpha value is -2.26. The lowest BCUT2D eigenvalue weighted by Gasteiger charge is -2.10. The van der Waals surface area contributed by atoms with Crippen LogP contribution < -0.4 is 5.32 Å². The van der Waals surface area contributed by atoms with E-state index < -0.39 is 0 Å². The van der Waals surface area contributed by atoms with Crippen LogP contribution >= 0.6 is 0 Å². The van der Waals surface area contributed by atoms with Crippen molar-refractivity contribution in [2.45, 2.75) is 6.54 Å². The third-order valence-corrected chi connectivity index (χ3v) is 3.58. The Kier molecular flexibility index (Phi) is 3.67. The van der Waals surface area contributed by atoms with Gasteiger partial charge in [0.25, 0.3) is 0 Å². The third-order valence-electron chi connectivity index (χ3n) is 3.58. The second kappa shape index (κ2) is 5.62. The average molecular weight is 283 g/mol. The average Bonchev–Trinajstić information content (AvgIpc) is 2.49. The van der Waals surface area contributed by atoms with Gasteiger partial charge in [-0.25, -0.2) is 8.78 Å². The Labute approximate surface area is 122 Å². The highest BCUT2D eigenvalue weighted by Gasteiger charge is 2.11. The lowest BCUT2D eigenvalue weighted by atomic mass is 9.96. The van der Waals surface area contributed by atoms with Gasteiger partial charge in [-0.05, 0) is 35.7 Å². The number of nitrogens with one attached hydrogen (secondary N) is 1. The van der Waals surface area contributed by atoms with E-state index in [0.717, 1.165) is 10.9 Å². The minimum atomic E-state index is -0.292. The van der Waals surface area contributed by atoms with Gasteiger partial charge in [-0.3, -0.25) is 0 Å². The van der Waals surface area contributed by atoms with Crippen molar-refractivity contribution in [2.75, 3.05) is 7.05 Å². The van der Waals surface area contributed by atoms with Gasteiger partial charge in [0.1, 0.15) is 11.6 Å². The molecule has 0 atom stereocenters. The van der Waals surface area contributed by atoms with Gasteiger partial charge in [0, 0.05) is 17.5 Å². The topological polar surface area (TPSA) is 12.0 Å². The predicted molar refractivity (Wildman–Crippen MR) is 82.1 cm³/mol. The summed E-state index contributed by atoms with van der Waals surface area (Å²) in [6.07, 6.45) is 0. The summed E-state index contributed by atoms with van der Waals surface area (Å²) in [6.45, 7) is 0.612. The highest BCUT2D eigenvalue weighted by atomic mass is 19.1. The zero-order valence-corrected chi connectivity index (χ0v) is 11.7. The molecular weight excluding hydrogens is 268 g/mol. The van der Waals surface area contributed by atoms with E-state index in [1.807, 2.05) is 25.2 Å². The Bertz CT molecular complexity index is 796. The molecule has 0 fully saturated rings. The van der Waals surface area contributed by atoms with Gasteiger partial charge in [-0.1, -0.05) is 42.5 Å². The SMILES string of the molecule is CNCc1ccc(-c2ccc(F)c3ccccc23)c(F)c1. The first-order chi connectivity index (χ1) is 10.2. The lowest BCUT2D eigenvalue weighted by Crippen LogP contribution is -2.05. The molecule has 0 aromatic heterocycles. The minimum Gasteiger partial charge on any atom is -0.316 e. The zero-order valence-electron chi connectivity index (χ0n) is 11.7. The molecule has 0 aliphatic rings. The molecule has 3 rings (SSSR count). The minimum absolute atomic E-state index is 0.290. The fraction of sp³-hybridized carbons (Fsp3) is 0.111. The van der Waals surface area contributed by atoms with Crippen molar-refractivity contribution >= 4 is 10.8 Å². The molecule has 0 aliphatic carbocycles. The molecule has 0 saturated carbocycles. The molecule has 21 heavy (non-hydrogen) atoms. The highest BCUT2D eigenvalue weighted by molar-refractivity contribution is 5.97. The van der Waals surface area contributed by atoms with Crippen LogP contribution in [-0.2, 0) is 6.54 Å². The van der Waals surface area contributed by atoms with E-state index in [2.05, 4.69) is 5.32 Å². The highest BCUT2D eigenvalue weighted by Crippen LogP contribution is 2.32. The summed E-state index contributed by atoms with van der Waals surface area (Å²) in [7, 11) is 1.82. The van der Waals surface area contributed by atoms with E-state index in [9.17, 15) is 8.78 Å². The van der Waals surface area contributed by atoms with Gasteiger partial charge in [-0.2, -0.15) is 0 Å². The van der Waals surface area contributed by atoms with Gasteiger partial charge in [0.15, 0.2) is 0 Å². The largest absolute Gasteiger partial charge is 0.316 e. The molecule has 0 bridgehead atoms. The van der Waals surface area contributed by atoms with Crippen LogP contribution in [0.25, 0.3) is 21.9 Å². The van der Waals surface area contributed by atoms with Crippen LogP contribution in [-0.4, -0.2) is 7.05 Å². The van der Waals surface area contributed by atoms with E-state index in [0.29, 0.717) is 23.1 Å². The second-order valence-electron chi connectivity index (χ2n) is 4.99. The first kappa shape index (κ1) is 13.7. The molecule has 0 heterocycles. The number of halogens is 2. The molecule has 3 aromatic carbocycles. The number of benzene rings is 3. The molecule has 0 radical (unpaired) electrons. The number of rotatable bonds is 3. The standard InChI is InChI=1S/C18H15F2N/c1-21-11-12-6-7-16(18(20)10-12)14-8-9-17(19)15-5-3-2-4-13(14)15/h2-10,21H,11H2,1H3. The van der Waals surface area contributed by atoms with Crippen LogP contribution in [0.2, 0.25) is 0 Å². The van der Waals surface area contributed by atoms with E-state index in [1.165, 1.54) is 12.1 Å². The maximum atomic E-state index is 14.4. The van der Waals surface area contributed by atoms with Crippen molar-refractivity contribution in [3.05, 3.63) is 71.8 Å². The van der Waals surface area contributed by atoms with Gasteiger partial charge in [-0.15, -0.1) is 0 Å². The molecule has 0 amide bonds. The fourth-order valence-corrected chi connectivity index (χ4v) is 2.59. The molecule has 3 heteroatoms. The Morgan fingerprint density at radius 2 is 1.52 bits per heavy atom. The zero-order chi connectivity index (χ0) is 14.8. The van der Waals surface area contributed by atoms with E-state index in [-0.39, 0.29) is 11.6 Å². The van der Waals surface area contributed by atoms with E-state index in [1.54, 1.807) is 24.3 Å². The van der Waals surface area contributed by atoms with Crippen LogP contribution in [0.4, 0.5) is 8.78 Å². The Morgan fingerprint density at radius 3 is 2.24 bits per heavy atom. The number of hydrogen-bond donors (Lipinski definition) is 1. The molecule has 0 unspecified atom stereocenters. The normalized spacial score (nSPS) is 11.0. The quantitative estimate of drug-likeness (QED) is 0.746. The summed E-state index contributed by atoms with van der Waals surface area (Å²) >= 11 is 0. The molecule has 1 nitrogen and oxygen atoms in total. The van der Waals surface area contributed by atoms with Gasteiger partial charge < -0.3 is 5.32 Å². The third kappa shape index (κ3) is 2.52. The van der Waals surface area contributed by atoms with Crippen LogP contribution in [0.3, 0.4) is 0 Å². The summed E-state index contributed by atoms with van der Waals surface area (Å²) in [5.41, 5.74) is 2.08. The number of fused-ring (bicyclic) bond motifs is 1. The Morgan fingerprint density at radius 1 is 0.810 bits per heavy atom. The summed E-state index contributed by atoms with van der Waals surface area (Å²) < 4.78 is 28.2. The maximum Gasteiger partial charge on any atom is 0.131 e. The molecular formula is C18H15F2N. The van der Waals surface area contributed by atoms with Gasteiger partial charge in [0.2, 0.25) is 0 Å². The van der Waals surface area contributed by atoms with E-state index >= 15 is 0 Å². The molecule has 0 spiro atoms. The summed E-state index contributed by atoms with van der Waals surface area (Å²) in [4.78, 5) is 0. The van der Waals surface area contributed by atoms with Crippen LogP contribution in [0.15, 0.2) is 54.6 Å². The fourth-order valence-electron chi connectivity index (χ4n) is 2.59. The van der Waals surface area contributed by atoms with Crippen molar-refractivity contribution in [2.24, 2.45) is 0 Å². The smallest absolute Gasteiger partial charge is 0.131 e. The van der Waals surface area contributed by atoms with Crippen molar-refractivity contribution in [3.63, 3.8) is 0 Å². The van der Waals surface area contributed by atoms with Crippen molar-refractivity contribution in [3.8, 4) is 11.1 Å². The molecule has 0 aliphatic heterocycles. The van der Waals surface area contributed by atoms with Gasteiger partial charge >= 0.3 is 0 Å². The van der Waals surface area contributed by atoms with Crippen molar-refractivity contribution in [1.82, 2.24) is 5.32 Å². The van der Waals surface area contributed by atoms with Crippen LogP contribution in [0.5, 0.6) is 0 Å². The predicted octanol–water partition coefficient (Wildman–Crippen LogP) is 4.50. The monoisotopic (exact) mass is 283 g/mol. The summed E-state index contributed by atoms with van der Waals surface area (Å²) in [5.74, 6) is -0.582. The molecule has 0 saturated heterocycles. The second-order valence-corrected chi connectivity index (χ2v) is 4.99. The number of hydrogen-bond acceptors (Lipinski definition) is 1. The first-order valence-electron chi connectivity index (χ1n) is 6.81. The molecule has 106 valence electrons. The first-order valence-corrected chi connectivity index (χ1v) is 6.81. The van der Waals surface area contributed by atoms with Crippen LogP contribution in [0.1, 0.15) is 5.56 Å². The molecule has 1 N–H and O–H groups in total.